The molecule has 0 fully saturated rings. The summed E-state index contributed by atoms with van der Waals surface area (Å²) in [6.07, 6.45) is 0. The Morgan fingerprint density at radius 1 is 1.04 bits per heavy atom. The van der Waals surface area contributed by atoms with Crippen LogP contribution in [0.15, 0.2) is 59.1 Å². The van der Waals surface area contributed by atoms with E-state index in [1.54, 1.807) is 6.07 Å². The Morgan fingerprint density at radius 2 is 1.87 bits per heavy atom. The molecule has 2 aromatic carbocycles. The molecular formula is C18H18N2O3. The number of ether oxygens (including phenoxy) is 2. The molecule has 0 saturated heterocycles. The van der Waals surface area contributed by atoms with Crippen LogP contribution in [-0.4, -0.2) is 11.8 Å². The summed E-state index contributed by atoms with van der Waals surface area (Å²) in [4.78, 5) is 0. The van der Waals surface area contributed by atoms with Gasteiger partial charge >= 0.3 is 0 Å². The number of anilines is 1. The van der Waals surface area contributed by atoms with E-state index in [-0.39, 0.29) is 5.88 Å². The van der Waals surface area contributed by atoms with E-state index in [2.05, 4.69) is 5.16 Å². The topological polar surface area (TPSA) is 70.5 Å². The van der Waals surface area contributed by atoms with Crippen molar-refractivity contribution in [2.75, 3.05) is 12.3 Å². The van der Waals surface area contributed by atoms with Gasteiger partial charge in [0.1, 0.15) is 12.3 Å². The minimum Gasteiger partial charge on any atom is -0.490 e. The third kappa shape index (κ3) is 3.45. The van der Waals surface area contributed by atoms with Crippen molar-refractivity contribution in [1.82, 2.24) is 5.16 Å². The van der Waals surface area contributed by atoms with Crippen LogP contribution in [0.1, 0.15) is 12.5 Å². The smallest absolute Gasteiger partial charge is 0.222 e. The molecule has 5 nitrogen and oxygen atoms in total. The first kappa shape index (κ1) is 15.0. The van der Waals surface area contributed by atoms with E-state index < -0.39 is 0 Å². The van der Waals surface area contributed by atoms with Crippen molar-refractivity contribution in [3.8, 4) is 22.8 Å². The molecule has 23 heavy (non-hydrogen) atoms. The molecule has 0 spiro atoms. The van der Waals surface area contributed by atoms with Crippen molar-refractivity contribution in [3.05, 3.63) is 60.2 Å². The molecule has 0 atom stereocenters. The fourth-order valence-electron chi connectivity index (χ4n) is 2.28. The van der Waals surface area contributed by atoms with E-state index in [1.165, 1.54) is 0 Å². The predicted octanol–water partition coefficient (Wildman–Crippen LogP) is 3.90. The van der Waals surface area contributed by atoms with Crippen LogP contribution in [0.25, 0.3) is 11.3 Å². The Kier molecular flexibility index (Phi) is 4.47. The molecule has 1 aromatic heterocycles. The Labute approximate surface area is 134 Å². The molecule has 3 rings (SSSR count). The molecular weight excluding hydrogens is 292 g/mol. The summed E-state index contributed by atoms with van der Waals surface area (Å²) in [5, 5.41) is 3.97. The van der Waals surface area contributed by atoms with Gasteiger partial charge in [-0.2, -0.15) is 0 Å². The maximum atomic E-state index is 6.02. The second-order valence-electron chi connectivity index (χ2n) is 4.95. The fraction of sp³-hybridized carbons (Fsp3) is 0.167. The number of benzene rings is 2. The second-order valence-corrected chi connectivity index (χ2v) is 4.95. The van der Waals surface area contributed by atoms with Gasteiger partial charge in [0.05, 0.1) is 6.61 Å². The van der Waals surface area contributed by atoms with Gasteiger partial charge < -0.3 is 19.7 Å². The van der Waals surface area contributed by atoms with Gasteiger partial charge in [-0.05, 0) is 24.6 Å². The number of nitrogens with zero attached hydrogens (tertiary/aromatic N) is 1. The molecule has 2 N–H and O–H groups in total. The molecule has 5 heteroatoms. The summed E-state index contributed by atoms with van der Waals surface area (Å²) in [5.41, 5.74) is 8.10. The lowest BCUT2D eigenvalue weighted by molar-refractivity contribution is 0.270. The lowest BCUT2D eigenvalue weighted by Gasteiger charge is -2.15. The van der Waals surface area contributed by atoms with Crippen LogP contribution in [0.4, 0.5) is 5.88 Å². The molecule has 0 unspecified atom stereocenters. The number of aromatic nitrogens is 1. The normalized spacial score (nSPS) is 10.5. The fourth-order valence-corrected chi connectivity index (χ4v) is 2.28. The highest BCUT2D eigenvalue weighted by Crippen LogP contribution is 2.38. The third-order valence-corrected chi connectivity index (χ3v) is 3.31. The molecule has 0 aliphatic rings. The van der Waals surface area contributed by atoms with Crippen LogP contribution < -0.4 is 15.2 Å². The zero-order valence-electron chi connectivity index (χ0n) is 12.9. The molecule has 0 saturated carbocycles. The summed E-state index contributed by atoms with van der Waals surface area (Å²) in [7, 11) is 0. The number of hydrogen-bond acceptors (Lipinski definition) is 5. The Bertz CT molecular complexity index is 769. The van der Waals surface area contributed by atoms with Crippen molar-refractivity contribution in [3.63, 3.8) is 0 Å². The van der Waals surface area contributed by atoms with Crippen LogP contribution in [-0.2, 0) is 6.61 Å². The van der Waals surface area contributed by atoms with E-state index in [4.69, 9.17) is 19.7 Å². The average molecular weight is 310 g/mol. The molecule has 3 aromatic rings. The van der Waals surface area contributed by atoms with Gasteiger partial charge in [-0.15, -0.1) is 0 Å². The summed E-state index contributed by atoms with van der Waals surface area (Å²) in [6.45, 7) is 2.92. The van der Waals surface area contributed by atoms with Crippen molar-refractivity contribution in [1.29, 1.82) is 0 Å². The largest absolute Gasteiger partial charge is 0.490 e. The highest BCUT2D eigenvalue weighted by molar-refractivity contribution is 5.72. The number of rotatable bonds is 6. The van der Waals surface area contributed by atoms with Gasteiger partial charge in [0, 0.05) is 11.6 Å². The molecule has 0 aliphatic carbocycles. The van der Waals surface area contributed by atoms with Crippen LogP contribution in [0, 0.1) is 0 Å². The monoisotopic (exact) mass is 310 g/mol. The number of hydrogen-bond donors (Lipinski definition) is 1. The van der Waals surface area contributed by atoms with E-state index >= 15 is 0 Å². The van der Waals surface area contributed by atoms with E-state index in [1.807, 2.05) is 55.5 Å². The van der Waals surface area contributed by atoms with Crippen molar-refractivity contribution in [2.45, 2.75) is 13.5 Å². The van der Waals surface area contributed by atoms with Crippen molar-refractivity contribution in [2.24, 2.45) is 0 Å². The number of para-hydroxylation sites is 1. The van der Waals surface area contributed by atoms with Crippen LogP contribution >= 0.6 is 0 Å². The highest BCUT2D eigenvalue weighted by Gasteiger charge is 2.16. The third-order valence-electron chi connectivity index (χ3n) is 3.31. The minimum absolute atomic E-state index is 0.260. The standard InChI is InChI=1S/C18H18N2O3/c1-2-21-16-10-6-9-14(15-11-17(19)23-20-15)18(16)22-12-13-7-4-3-5-8-13/h3-11H,2,12,19H2,1H3. The molecule has 0 radical (unpaired) electrons. The lowest BCUT2D eigenvalue weighted by atomic mass is 10.1. The Balaban J connectivity index is 1.94. The van der Waals surface area contributed by atoms with Crippen LogP contribution in [0.2, 0.25) is 0 Å². The Hall–Kier alpha value is -2.95. The van der Waals surface area contributed by atoms with Crippen molar-refractivity contribution >= 4 is 5.88 Å². The summed E-state index contributed by atoms with van der Waals surface area (Å²) < 4.78 is 16.7. The second kappa shape index (κ2) is 6.87. The van der Waals surface area contributed by atoms with Gasteiger partial charge in [-0.1, -0.05) is 41.6 Å². The minimum atomic E-state index is 0.260. The molecule has 0 amide bonds. The van der Waals surface area contributed by atoms with Crippen LogP contribution in [0.5, 0.6) is 11.5 Å². The maximum absolute atomic E-state index is 6.02. The lowest BCUT2D eigenvalue weighted by Crippen LogP contribution is -2.01. The first-order valence-corrected chi connectivity index (χ1v) is 7.43. The summed E-state index contributed by atoms with van der Waals surface area (Å²) in [5.74, 6) is 1.56. The molecule has 118 valence electrons. The highest BCUT2D eigenvalue weighted by atomic mass is 16.5. The van der Waals surface area contributed by atoms with Crippen molar-refractivity contribution < 1.29 is 14.0 Å². The summed E-state index contributed by atoms with van der Waals surface area (Å²) in [6, 6.07) is 17.3. The van der Waals surface area contributed by atoms with Gasteiger partial charge in [-0.3, -0.25) is 0 Å². The Morgan fingerprint density at radius 3 is 2.57 bits per heavy atom. The van der Waals surface area contributed by atoms with E-state index in [0.29, 0.717) is 30.4 Å². The number of nitrogens with two attached hydrogens (primary N) is 1. The predicted molar refractivity (Wildman–Crippen MR) is 88.3 cm³/mol. The first-order valence-electron chi connectivity index (χ1n) is 7.43. The summed E-state index contributed by atoms with van der Waals surface area (Å²) >= 11 is 0. The van der Waals surface area contributed by atoms with E-state index in [0.717, 1.165) is 11.1 Å². The zero-order chi connectivity index (χ0) is 16.1. The molecule has 0 bridgehead atoms. The van der Waals surface area contributed by atoms with Gasteiger partial charge in [-0.25, -0.2) is 0 Å². The quantitative estimate of drug-likeness (QED) is 0.747. The maximum Gasteiger partial charge on any atom is 0.222 e. The van der Waals surface area contributed by atoms with Crippen LogP contribution in [0.3, 0.4) is 0 Å². The van der Waals surface area contributed by atoms with Gasteiger partial charge in [0.25, 0.3) is 0 Å². The first-order chi connectivity index (χ1) is 11.3. The van der Waals surface area contributed by atoms with E-state index in [9.17, 15) is 0 Å². The number of nitrogen functional groups attached to an aromatic ring is 1. The average Bonchev–Trinajstić information content (AvgIpc) is 3.01. The van der Waals surface area contributed by atoms with Gasteiger partial charge in [0.2, 0.25) is 5.88 Å². The molecule has 0 aliphatic heterocycles. The molecule has 1 heterocycles. The van der Waals surface area contributed by atoms with Gasteiger partial charge in [0.15, 0.2) is 11.5 Å². The SMILES string of the molecule is CCOc1cccc(-c2cc(N)on2)c1OCc1ccccc1. The zero-order valence-corrected chi connectivity index (χ0v) is 12.9.